The Morgan fingerprint density at radius 3 is 2.43 bits per heavy atom. The average molecular weight is 289 g/mol. The number of carbonyl (C=O) groups excluding carboxylic acids is 1. The summed E-state index contributed by atoms with van der Waals surface area (Å²) in [5, 5.41) is 0. The molecule has 0 spiro atoms. The third-order valence-corrected chi connectivity index (χ3v) is 4.92. The molecule has 2 aliphatic rings. The topological polar surface area (TPSA) is 38.8 Å². The lowest BCUT2D eigenvalue weighted by molar-refractivity contribution is 0.0642. The number of ether oxygens (including phenoxy) is 2. The molecule has 2 saturated heterocycles. The Bertz CT molecular complexity index is 529. The summed E-state index contributed by atoms with van der Waals surface area (Å²) in [5.74, 6) is 1.44. The van der Waals surface area contributed by atoms with Crippen LogP contribution in [0.2, 0.25) is 0 Å². The Kier molecular flexibility index (Phi) is 3.89. The molecule has 2 aliphatic heterocycles. The first-order chi connectivity index (χ1) is 10.1. The van der Waals surface area contributed by atoms with Gasteiger partial charge in [-0.15, -0.1) is 0 Å². The lowest BCUT2D eigenvalue weighted by Crippen LogP contribution is -2.43. The van der Waals surface area contributed by atoms with Crippen LogP contribution in [0.5, 0.6) is 11.5 Å². The number of benzene rings is 1. The van der Waals surface area contributed by atoms with Gasteiger partial charge in [-0.2, -0.15) is 0 Å². The lowest BCUT2D eigenvalue weighted by Gasteiger charge is -2.36. The van der Waals surface area contributed by atoms with E-state index < -0.39 is 0 Å². The van der Waals surface area contributed by atoms with E-state index >= 15 is 0 Å². The molecule has 0 radical (unpaired) electrons. The normalized spacial score (nSPS) is 28.4. The number of carbonyl (C=O) groups is 1. The first-order valence-corrected chi connectivity index (χ1v) is 7.66. The molecule has 0 amide bonds. The molecular formula is C17H23NO3. The van der Waals surface area contributed by atoms with Crippen LogP contribution < -0.4 is 9.47 Å². The molecule has 2 fully saturated rings. The minimum atomic E-state index is 0.0472. The molecule has 1 aromatic carbocycles. The van der Waals surface area contributed by atoms with Gasteiger partial charge in [0, 0.05) is 17.6 Å². The fourth-order valence-corrected chi connectivity index (χ4v) is 3.63. The van der Waals surface area contributed by atoms with E-state index in [0.717, 1.165) is 12.8 Å². The largest absolute Gasteiger partial charge is 0.493 e. The van der Waals surface area contributed by atoms with E-state index in [4.69, 9.17) is 9.47 Å². The number of methoxy groups -OCH3 is 1. The van der Waals surface area contributed by atoms with Gasteiger partial charge in [-0.25, -0.2) is 0 Å². The Hall–Kier alpha value is -1.55. The Morgan fingerprint density at radius 2 is 1.86 bits per heavy atom. The van der Waals surface area contributed by atoms with Gasteiger partial charge in [-0.3, -0.25) is 4.79 Å². The highest BCUT2D eigenvalue weighted by atomic mass is 16.5. The molecule has 2 heterocycles. The third-order valence-electron chi connectivity index (χ3n) is 4.92. The monoisotopic (exact) mass is 289 g/mol. The van der Waals surface area contributed by atoms with Crippen molar-refractivity contribution in [3.63, 3.8) is 0 Å². The summed E-state index contributed by atoms with van der Waals surface area (Å²) in [5.41, 5.74) is 0.668. The van der Waals surface area contributed by atoms with Gasteiger partial charge in [-0.1, -0.05) is 0 Å². The van der Waals surface area contributed by atoms with Crippen LogP contribution in [0.1, 0.15) is 43.0 Å². The zero-order valence-corrected chi connectivity index (χ0v) is 13.0. The van der Waals surface area contributed by atoms with Gasteiger partial charge in [-0.05, 0) is 57.9 Å². The molecule has 1 aromatic rings. The zero-order chi connectivity index (χ0) is 15.0. The van der Waals surface area contributed by atoms with Crippen LogP contribution in [-0.4, -0.2) is 43.0 Å². The lowest BCUT2D eigenvalue weighted by atomic mass is 10.0. The van der Waals surface area contributed by atoms with E-state index in [1.165, 1.54) is 12.8 Å². The molecule has 4 nitrogen and oxygen atoms in total. The second kappa shape index (κ2) is 5.68. The van der Waals surface area contributed by atoms with Crippen LogP contribution in [-0.2, 0) is 0 Å². The first-order valence-electron chi connectivity index (χ1n) is 7.66. The highest BCUT2D eigenvalue weighted by Gasteiger charge is 2.39. The predicted octanol–water partition coefficient (Wildman–Crippen LogP) is 2.90. The van der Waals surface area contributed by atoms with E-state index in [1.807, 2.05) is 6.07 Å². The van der Waals surface area contributed by atoms with Crippen LogP contribution in [0.25, 0.3) is 0 Å². The summed E-state index contributed by atoms with van der Waals surface area (Å²) in [4.78, 5) is 14.0. The molecule has 21 heavy (non-hydrogen) atoms. The maximum Gasteiger partial charge on any atom is 0.162 e. The molecule has 0 N–H and O–H groups in total. The fourth-order valence-electron chi connectivity index (χ4n) is 3.63. The van der Waals surface area contributed by atoms with E-state index in [-0.39, 0.29) is 11.9 Å². The van der Waals surface area contributed by atoms with Crippen molar-refractivity contribution in [3.05, 3.63) is 23.8 Å². The minimum absolute atomic E-state index is 0.0472. The van der Waals surface area contributed by atoms with Crippen LogP contribution in [0.4, 0.5) is 0 Å². The number of rotatable bonds is 4. The van der Waals surface area contributed by atoms with Gasteiger partial charge in [0.05, 0.1) is 7.11 Å². The Balaban J connectivity index is 1.78. The van der Waals surface area contributed by atoms with Crippen molar-refractivity contribution in [3.8, 4) is 11.5 Å². The van der Waals surface area contributed by atoms with E-state index in [9.17, 15) is 4.79 Å². The van der Waals surface area contributed by atoms with Crippen LogP contribution >= 0.6 is 0 Å². The molecule has 0 saturated carbocycles. The standard InChI is InChI=1S/C17H23NO3/c1-11(19)12-4-7-16(20-3)17(8-12)21-15-9-13-5-6-14(10-15)18(13)2/h4,7-8,13-15H,5-6,9-10H2,1-3H3. The third kappa shape index (κ3) is 2.77. The number of Topliss-reactive ketones (excluding diaryl/α,β-unsaturated/α-hetero) is 1. The Morgan fingerprint density at radius 1 is 1.19 bits per heavy atom. The smallest absolute Gasteiger partial charge is 0.162 e. The number of hydrogen-bond acceptors (Lipinski definition) is 4. The van der Waals surface area contributed by atoms with Crippen molar-refractivity contribution < 1.29 is 14.3 Å². The molecule has 2 unspecified atom stereocenters. The molecule has 4 heteroatoms. The second-order valence-electron chi connectivity index (χ2n) is 6.18. The average Bonchev–Trinajstić information content (AvgIpc) is 2.69. The van der Waals surface area contributed by atoms with Gasteiger partial charge >= 0.3 is 0 Å². The molecule has 0 aliphatic carbocycles. The van der Waals surface area contributed by atoms with Crippen LogP contribution in [0, 0.1) is 0 Å². The van der Waals surface area contributed by atoms with Gasteiger partial charge in [0.1, 0.15) is 6.10 Å². The van der Waals surface area contributed by atoms with Crippen molar-refractivity contribution in [2.45, 2.75) is 50.8 Å². The summed E-state index contributed by atoms with van der Waals surface area (Å²) in [6.45, 7) is 1.57. The van der Waals surface area contributed by atoms with Crippen molar-refractivity contribution in [1.82, 2.24) is 4.90 Å². The van der Waals surface area contributed by atoms with Gasteiger partial charge in [0.15, 0.2) is 17.3 Å². The number of fused-ring (bicyclic) bond motifs is 2. The molecule has 2 atom stereocenters. The molecular weight excluding hydrogens is 266 g/mol. The summed E-state index contributed by atoms with van der Waals surface area (Å²) >= 11 is 0. The summed E-state index contributed by atoms with van der Waals surface area (Å²) < 4.78 is 11.6. The molecule has 3 rings (SSSR count). The van der Waals surface area contributed by atoms with Gasteiger partial charge in [0.25, 0.3) is 0 Å². The second-order valence-corrected chi connectivity index (χ2v) is 6.18. The highest BCUT2D eigenvalue weighted by molar-refractivity contribution is 5.94. The number of hydrogen-bond donors (Lipinski definition) is 0. The quantitative estimate of drug-likeness (QED) is 0.799. The van der Waals surface area contributed by atoms with E-state index in [0.29, 0.717) is 29.1 Å². The summed E-state index contributed by atoms with van der Waals surface area (Å²) in [6.07, 6.45) is 4.87. The van der Waals surface area contributed by atoms with Crippen LogP contribution in [0.3, 0.4) is 0 Å². The van der Waals surface area contributed by atoms with Crippen LogP contribution in [0.15, 0.2) is 18.2 Å². The minimum Gasteiger partial charge on any atom is -0.493 e. The predicted molar refractivity (Wildman–Crippen MR) is 81.2 cm³/mol. The molecule has 0 aromatic heterocycles. The maximum atomic E-state index is 11.5. The summed E-state index contributed by atoms with van der Waals surface area (Å²) in [6, 6.07) is 6.68. The van der Waals surface area contributed by atoms with Crippen molar-refractivity contribution in [2.24, 2.45) is 0 Å². The molecule has 114 valence electrons. The zero-order valence-electron chi connectivity index (χ0n) is 13.0. The Labute approximate surface area is 126 Å². The summed E-state index contributed by atoms with van der Waals surface area (Å²) in [7, 11) is 3.85. The van der Waals surface area contributed by atoms with Crippen molar-refractivity contribution in [2.75, 3.05) is 14.2 Å². The van der Waals surface area contributed by atoms with Gasteiger partial charge in [0.2, 0.25) is 0 Å². The maximum absolute atomic E-state index is 11.5. The van der Waals surface area contributed by atoms with Crippen molar-refractivity contribution >= 4 is 5.78 Å². The fraction of sp³-hybridized carbons (Fsp3) is 0.588. The van der Waals surface area contributed by atoms with Gasteiger partial charge < -0.3 is 14.4 Å². The van der Waals surface area contributed by atoms with Crippen molar-refractivity contribution in [1.29, 1.82) is 0 Å². The number of nitrogens with zero attached hydrogens (tertiary/aromatic N) is 1. The van der Waals surface area contributed by atoms with E-state index in [1.54, 1.807) is 26.2 Å². The first kappa shape index (κ1) is 14.4. The van der Waals surface area contributed by atoms with E-state index in [2.05, 4.69) is 11.9 Å². The highest BCUT2D eigenvalue weighted by Crippen LogP contribution is 2.38. The number of ketones is 1. The molecule has 2 bridgehead atoms. The SMILES string of the molecule is COc1ccc(C(C)=O)cc1OC1CC2CCC(C1)N2C. The number of piperidine rings is 1.